The van der Waals surface area contributed by atoms with Gasteiger partial charge in [-0.2, -0.15) is 0 Å². The monoisotopic (exact) mass is 311 g/mol. The quantitative estimate of drug-likeness (QED) is 0.800. The van der Waals surface area contributed by atoms with Crippen molar-refractivity contribution in [3.8, 4) is 5.75 Å². The molecule has 1 aromatic rings. The number of likely N-dealkylation sites (tertiary alicyclic amines) is 1. The number of halogens is 1. The first-order valence-corrected chi connectivity index (χ1v) is 7.18. The summed E-state index contributed by atoms with van der Waals surface area (Å²) < 4.78 is 5.32. The van der Waals surface area contributed by atoms with Crippen molar-refractivity contribution in [3.05, 3.63) is 29.8 Å². The number of hydrogen-bond donors (Lipinski definition) is 0. The number of hydrogen-bond acceptors (Lipinski definition) is 2. The van der Waals surface area contributed by atoms with Crippen LogP contribution >= 0.6 is 15.9 Å². The van der Waals surface area contributed by atoms with Crippen molar-refractivity contribution in [3.63, 3.8) is 0 Å². The molecule has 0 aromatic heterocycles. The average molecular weight is 312 g/mol. The molecular formula is C14H18BrNO2. The van der Waals surface area contributed by atoms with Gasteiger partial charge in [0.2, 0.25) is 5.91 Å². The molecule has 1 fully saturated rings. The predicted molar refractivity (Wildman–Crippen MR) is 75.2 cm³/mol. The van der Waals surface area contributed by atoms with E-state index in [1.807, 2.05) is 23.1 Å². The highest BCUT2D eigenvalue weighted by Gasteiger charge is 2.26. The van der Waals surface area contributed by atoms with Crippen LogP contribution in [0.1, 0.15) is 18.4 Å². The van der Waals surface area contributed by atoms with Gasteiger partial charge < -0.3 is 9.64 Å². The molecule has 1 atom stereocenters. The van der Waals surface area contributed by atoms with Crippen LogP contribution in [0.5, 0.6) is 5.75 Å². The Balaban J connectivity index is 1.96. The molecule has 4 heteroatoms. The standard InChI is InChI=1S/C14H18BrNO2/c1-18-13-7-3-2-5-11(13)8-10-16-9-4-6-12(15)14(16)17/h2-3,5,7,12H,4,6,8-10H2,1H3. The second kappa shape index (κ2) is 6.23. The Morgan fingerprint density at radius 1 is 1.44 bits per heavy atom. The zero-order valence-corrected chi connectivity index (χ0v) is 12.1. The third-order valence-electron chi connectivity index (χ3n) is 3.31. The molecule has 0 aliphatic carbocycles. The topological polar surface area (TPSA) is 29.5 Å². The molecule has 0 bridgehead atoms. The smallest absolute Gasteiger partial charge is 0.236 e. The SMILES string of the molecule is COc1ccccc1CCN1CCCC(Br)C1=O. The molecule has 98 valence electrons. The fraction of sp³-hybridized carbons (Fsp3) is 0.500. The zero-order chi connectivity index (χ0) is 13.0. The maximum absolute atomic E-state index is 11.9. The van der Waals surface area contributed by atoms with Gasteiger partial charge in [-0.05, 0) is 30.9 Å². The summed E-state index contributed by atoms with van der Waals surface area (Å²) in [4.78, 5) is 13.9. The summed E-state index contributed by atoms with van der Waals surface area (Å²) in [6.07, 6.45) is 2.87. The van der Waals surface area contributed by atoms with Crippen LogP contribution in [0, 0.1) is 0 Å². The van der Waals surface area contributed by atoms with E-state index in [-0.39, 0.29) is 10.7 Å². The number of nitrogens with zero attached hydrogens (tertiary/aromatic N) is 1. The van der Waals surface area contributed by atoms with Crippen molar-refractivity contribution in [2.24, 2.45) is 0 Å². The van der Waals surface area contributed by atoms with E-state index in [1.54, 1.807) is 7.11 Å². The van der Waals surface area contributed by atoms with E-state index in [4.69, 9.17) is 4.74 Å². The highest BCUT2D eigenvalue weighted by Crippen LogP contribution is 2.21. The van der Waals surface area contributed by atoms with E-state index in [1.165, 1.54) is 0 Å². The molecule has 0 saturated carbocycles. The fourth-order valence-corrected chi connectivity index (χ4v) is 2.89. The molecule has 1 amide bonds. The van der Waals surface area contributed by atoms with Crippen LogP contribution in [-0.2, 0) is 11.2 Å². The van der Waals surface area contributed by atoms with Gasteiger partial charge in [0, 0.05) is 13.1 Å². The van der Waals surface area contributed by atoms with E-state index in [0.717, 1.165) is 43.7 Å². The number of alkyl halides is 1. The van der Waals surface area contributed by atoms with E-state index in [0.29, 0.717) is 0 Å². The molecule has 1 saturated heterocycles. The Bertz CT molecular complexity index is 422. The van der Waals surface area contributed by atoms with Crippen LogP contribution in [0.3, 0.4) is 0 Å². The third kappa shape index (κ3) is 3.05. The van der Waals surface area contributed by atoms with Gasteiger partial charge in [0.15, 0.2) is 0 Å². The molecule has 0 radical (unpaired) electrons. The van der Waals surface area contributed by atoms with Crippen molar-refractivity contribution in [2.75, 3.05) is 20.2 Å². The minimum atomic E-state index is 0.00363. The normalized spacial score (nSPS) is 20.0. The summed E-state index contributed by atoms with van der Waals surface area (Å²) in [7, 11) is 1.68. The van der Waals surface area contributed by atoms with Crippen molar-refractivity contribution < 1.29 is 9.53 Å². The van der Waals surface area contributed by atoms with Gasteiger partial charge in [-0.15, -0.1) is 0 Å². The van der Waals surface area contributed by atoms with Gasteiger partial charge in [0.1, 0.15) is 5.75 Å². The number of piperidine rings is 1. The lowest BCUT2D eigenvalue weighted by Crippen LogP contribution is -2.42. The largest absolute Gasteiger partial charge is 0.496 e. The summed E-state index contributed by atoms with van der Waals surface area (Å²) in [5.41, 5.74) is 1.16. The van der Waals surface area contributed by atoms with Crippen molar-refractivity contribution in [1.29, 1.82) is 0 Å². The minimum Gasteiger partial charge on any atom is -0.496 e. The summed E-state index contributed by atoms with van der Waals surface area (Å²) in [6.45, 7) is 1.64. The number of para-hydroxylation sites is 1. The molecule has 18 heavy (non-hydrogen) atoms. The van der Waals surface area contributed by atoms with Crippen LogP contribution < -0.4 is 4.74 Å². The molecule has 3 nitrogen and oxygen atoms in total. The second-order valence-electron chi connectivity index (χ2n) is 4.50. The first-order chi connectivity index (χ1) is 8.72. The summed E-state index contributed by atoms with van der Waals surface area (Å²) in [5, 5.41) is 0. The molecule has 1 heterocycles. The Morgan fingerprint density at radius 3 is 3.00 bits per heavy atom. The highest BCUT2D eigenvalue weighted by molar-refractivity contribution is 9.10. The average Bonchev–Trinajstić information content (AvgIpc) is 2.41. The lowest BCUT2D eigenvalue weighted by atomic mass is 10.1. The molecule has 2 rings (SSSR count). The Hall–Kier alpha value is -1.03. The first-order valence-electron chi connectivity index (χ1n) is 6.27. The summed E-state index contributed by atoms with van der Waals surface area (Å²) in [6, 6.07) is 7.98. The molecule has 1 aliphatic heterocycles. The van der Waals surface area contributed by atoms with Gasteiger partial charge >= 0.3 is 0 Å². The Labute approximate surface area is 116 Å². The van der Waals surface area contributed by atoms with Crippen molar-refractivity contribution in [1.82, 2.24) is 4.90 Å². The Morgan fingerprint density at radius 2 is 2.22 bits per heavy atom. The zero-order valence-electron chi connectivity index (χ0n) is 10.6. The maximum atomic E-state index is 11.9. The number of rotatable bonds is 4. The van der Waals surface area contributed by atoms with Gasteiger partial charge in [0.25, 0.3) is 0 Å². The molecule has 1 aliphatic rings. The number of amides is 1. The minimum absolute atomic E-state index is 0.00363. The number of ether oxygens (including phenoxy) is 1. The third-order valence-corrected chi connectivity index (χ3v) is 4.16. The first kappa shape index (κ1) is 13.4. The van der Waals surface area contributed by atoms with Crippen LogP contribution in [-0.4, -0.2) is 35.8 Å². The predicted octanol–water partition coefficient (Wildman–Crippen LogP) is 2.62. The lowest BCUT2D eigenvalue weighted by molar-refractivity contribution is -0.132. The van der Waals surface area contributed by atoms with Crippen molar-refractivity contribution >= 4 is 21.8 Å². The van der Waals surface area contributed by atoms with Crippen molar-refractivity contribution in [2.45, 2.75) is 24.1 Å². The Kier molecular flexibility index (Phi) is 4.64. The van der Waals surface area contributed by atoms with E-state index in [9.17, 15) is 4.79 Å². The van der Waals surface area contributed by atoms with Gasteiger partial charge in [-0.25, -0.2) is 0 Å². The van der Waals surface area contributed by atoms with Gasteiger partial charge in [-0.3, -0.25) is 4.79 Å². The van der Waals surface area contributed by atoms with Crippen LogP contribution in [0.25, 0.3) is 0 Å². The van der Waals surface area contributed by atoms with Crippen LogP contribution in [0.2, 0.25) is 0 Å². The number of methoxy groups -OCH3 is 1. The molecule has 0 spiro atoms. The van der Waals surface area contributed by atoms with Crippen LogP contribution in [0.4, 0.5) is 0 Å². The van der Waals surface area contributed by atoms with Gasteiger partial charge in [-0.1, -0.05) is 34.1 Å². The lowest BCUT2D eigenvalue weighted by Gasteiger charge is -2.29. The highest BCUT2D eigenvalue weighted by atomic mass is 79.9. The molecule has 1 aromatic carbocycles. The van der Waals surface area contributed by atoms with Gasteiger partial charge in [0.05, 0.1) is 11.9 Å². The fourth-order valence-electron chi connectivity index (χ4n) is 2.28. The van der Waals surface area contributed by atoms with Crippen LogP contribution in [0.15, 0.2) is 24.3 Å². The molecule has 0 N–H and O–H groups in total. The second-order valence-corrected chi connectivity index (χ2v) is 5.60. The van der Waals surface area contributed by atoms with E-state index in [2.05, 4.69) is 22.0 Å². The molecular weight excluding hydrogens is 294 g/mol. The maximum Gasteiger partial charge on any atom is 0.236 e. The molecule has 1 unspecified atom stereocenters. The summed E-state index contributed by atoms with van der Waals surface area (Å²) >= 11 is 3.43. The van der Waals surface area contributed by atoms with E-state index < -0.39 is 0 Å². The number of carbonyl (C=O) groups is 1. The van der Waals surface area contributed by atoms with E-state index >= 15 is 0 Å². The summed E-state index contributed by atoms with van der Waals surface area (Å²) in [5.74, 6) is 1.12. The number of carbonyl (C=O) groups excluding carboxylic acids is 1. The number of benzene rings is 1.